The van der Waals surface area contributed by atoms with E-state index in [1.807, 2.05) is 0 Å². The predicted octanol–water partition coefficient (Wildman–Crippen LogP) is 0.109. The zero-order valence-electron chi connectivity index (χ0n) is 10.3. The molecule has 0 aromatic carbocycles. The monoisotopic (exact) mass is 267 g/mol. The van der Waals surface area contributed by atoms with Gasteiger partial charge in [-0.25, -0.2) is 9.78 Å². The number of esters is 1. The van der Waals surface area contributed by atoms with E-state index in [1.165, 1.54) is 7.11 Å². The van der Waals surface area contributed by atoms with Crippen molar-refractivity contribution in [2.24, 2.45) is 0 Å². The molecule has 9 nitrogen and oxygen atoms in total. The summed E-state index contributed by atoms with van der Waals surface area (Å²) in [7, 11) is 1.31. The van der Waals surface area contributed by atoms with E-state index in [0.29, 0.717) is 13.0 Å². The Labute approximate surface area is 108 Å². The third-order valence-corrected chi connectivity index (χ3v) is 2.96. The molecule has 1 aliphatic rings. The molecule has 1 saturated heterocycles. The Hall–Kier alpha value is -2.45. The summed E-state index contributed by atoms with van der Waals surface area (Å²) < 4.78 is 4.70. The molecule has 1 aliphatic heterocycles. The van der Waals surface area contributed by atoms with Crippen molar-refractivity contribution in [3.8, 4) is 0 Å². The molecule has 0 spiro atoms. The Bertz CT molecular complexity index is 521. The Kier molecular flexibility index (Phi) is 3.45. The molecule has 1 aromatic heterocycles. The van der Waals surface area contributed by atoms with Crippen LogP contribution in [0.15, 0.2) is 6.20 Å². The second kappa shape index (κ2) is 5.04. The van der Waals surface area contributed by atoms with Gasteiger partial charge in [0.25, 0.3) is 0 Å². The molecule has 102 valence electrons. The standard InChI is InChI=1S/C10H13N5O4/c1-19-9(16)6-3-2-4-14(6)10-12-5-7(15(17)18)8(11)13-10/h5-6H,2-4H2,1H3,(H2,11,12,13)/t6-/m0/s1. The number of nitro groups is 1. The SMILES string of the molecule is COC(=O)[C@@H]1CCCN1c1ncc([N+](=O)[O-])c(N)n1. The molecule has 0 bridgehead atoms. The van der Waals surface area contributed by atoms with Crippen molar-refractivity contribution in [1.82, 2.24) is 9.97 Å². The van der Waals surface area contributed by atoms with Crippen LogP contribution in [-0.2, 0) is 9.53 Å². The molecule has 19 heavy (non-hydrogen) atoms. The van der Waals surface area contributed by atoms with Crippen LogP contribution in [0.1, 0.15) is 12.8 Å². The predicted molar refractivity (Wildman–Crippen MR) is 65.5 cm³/mol. The van der Waals surface area contributed by atoms with Crippen LogP contribution in [0.4, 0.5) is 17.5 Å². The van der Waals surface area contributed by atoms with Crippen LogP contribution < -0.4 is 10.6 Å². The highest BCUT2D eigenvalue weighted by Crippen LogP contribution is 2.26. The quantitative estimate of drug-likeness (QED) is 0.464. The highest BCUT2D eigenvalue weighted by Gasteiger charge is 2.33. The minimum absolute atomic E-state index is 0.205. The molecule has 1 atom stereocenters. The number of hydrogen-bond donors (Lipinski definition) is 1. The molecular formula is C10H13N5O4. The van der Waals surface area contributed by atoms with Crippen LogP contribution in [0.25, 0.3) is 0 Å². The van der Waals surface area contributed by atoms with E-state index in [4.69, 9.17) is 10.5 Å². The zero-order valence-corrected chi connectivity index (χ0v) is 10.3. The number of anilines is 2. The van der Waals surface area contributed by atoms with Gasteiger partial charge in [0, 0.05) is 6.54 Å². The first-order valence-corrected chi connectivity index (χ1v) is 5.66. The average molecular weight is 267 g/mol. The van der Waals surface area contributed by atoms with Crippen molar-refractivity contribution in [1.29, 1.82) is 0 Å². The summed E-state index contributed by atoms with van der Waals surface area (Å²) >= 11 is 0. The second-order valence-corrected chi connectivity index (χ2v) is 4.07. The number of nitrogens with two attached hydrogens (primary N) is 1. The Morgan fingerprint density at radius 2 is 2.42 bits per heavy atom. The van der Waals surface area contributed by atoms with E-state index in [1.54, 1.807) is 4.90 Å². The molecule has 2 N–H and O–H groups in total. The largest absolute Gasteiger partial charge is 0.467 e. The van der Waals surface area contributed by atoms with E-state index >= 15 is 0 Å². The number of carbonyl (C=O) groups is 1. The van der Waals surface area contributed by atoms with Crippen molar-refractivity contribution < 1.29 is 14.5 Å². The lowest BCUT2D eigenvalue weighted by Gasteiger charge is -2.22. The fraction of sp³-hybridized carbons (Fsp3) is 0.500. The summed E-state index contributed by atoms with van der Waals surface area (Å²) in [6, 6.07) is -0.467. The van der Waals surface area contributed by atoms with Crippen molar-refractivity contribution >= 4 is 23.4 Å². The van der Waals surface area contributed by atoms with E-state index in [0.717, 1.165) is 12.6 Å². The van der Waals surface area contributed by atoms with Gasteiger partial charge < -0.3 is 15.4 Å². The average Bonchev–Trinajstić information content (AvgIpc) is 2.86. The smallest absolute Gasteiger partial charge is 0.329 e. The molecule has 1 aromatic rings. The third kappa shape index (κ3) is 2.39. The van der Waals surface area contributed by atoms with Crippen molar-refractivity contribution in [3.63, 3.8) is 0 Å². The van der Waals surface area contributed by atoms with Gasteiger partial charge in [0.15, 0.2) is 0 Å². The van der Waals surface area contributed by atoms with E-state index in [-0.39, 0.29) is 23.4 Å². The molecule has 0 radical (unpaired) electrons. The summed E-state index contributed by atoms with van der Waals surface area (Å²) in [5.74, 6) is -0.389. The molecule has 1 fully saturated rings. The lowest BCUT2D eigenvalue weighted by Crippen LogP contribution is -2.38. The van der Waals surface area contributed by atoms with Crippen LogP contribution in [0.3, 0.4) is 0 Å². The highest BCUT2D eigenvalue weighted by atomic mass is 16.6. The minimum atomic E-state index is -0.652. The third-order valence-electron chi connectivity index (χ3n) is 2.96. The molecule has 0 aliphatic carbocycles. The topological polar surface area (TPSA) is 124 Å². The molecule has 0 saturated carbocycles. The molecule has 9 heteroatoms. The van der Waals surface area contributed by atoms with Crippen molar-refractivity contribution in [2.75, 3.05) is 24.3 Å². The fourth-order valence-corrected chi connectivity index (χ4v) is 2.05. The lowest BCUT2D eigenvalue weighted by molar-refractivity contribution is -0.384. The van der Waals surface area contributed by atoms with Gasteiger partial charge >= 0.3 is 11.7 Å². The number of carbonyl (C=O) groups excluding carboxylic acids is 1. The van der Waals surface area contributed by atoms with Crippen LogP contribution in [0.5, 0.6) is 0 Å². The summed E-state index contributed by atoms with van der Waals surface area (Å²) in [5.41, 5.74) is 5.16. The number of ether oxygens (including phenoxy) is 1. The van der Waals surface area contributed by atoms with Gasteiger partial charge in [-0.1, -0.05) is 0 Å². The lowest BCUT2D eigenvalue weighted by atomic mass is 10.2. The van der Waals surface area contributed by atoms with Gasteiger partial charge in [-0.05, 0) is 12.8 Å². The number of hydrogen-bond acceptors (Lipinski definition) is 8. The summed E-state index contributed by atoms with van der Waals surface area (Å²) in [6.07, 6.45) is 2.47. The van der Waals surface area contributed by atoms with Crippen LogP contribution in [0.2, 0.25) is 0 Å². The second-order valence-electron chi connectivity index (χ2n) is 4.07. The van der Waals surface area contributed by atoms with Gasteiger partial charge in [0.2, 0.25) is 11.8 Å². The van der Waals surface area contributed by atoms with E-state index in [9.17, 15) is 14.9 Å². The number of rotatable bonds is 3. The zero-order chi connectivity index (χ0) is 14.0. The summed E-state index contributed by atoms with van der Waals surface area (Å²) in [4.78, 5) is 31.0. The van der Waals surface area contributed by atoms with Crippen molar-refractivity contribution in [3.05, 3.63) is 16.3 Å². The van der Waals surface area contributed by atoms with Gasteiger partial charge in [-0.2, -0.15) is 4.98 Å². The first-order valence-electron chi connectivity index (χ1n) is 5.66. The number of methoxy groups -OCH3 is 1. The normalized spacial score (nSPS) is 18.4. The number of nitrogen functional groups attached to an aromatic ring is 1. The molecule has 0 unspecified atom stereocenters. The summed E-state index contributed by atoms with van der Waals surface area (Å²) in [6.45, 7) is 0.580. The van der Waals surface area contributed by atoms with E-state index < -0.39 is 11.0 Å². The van der Waals surface area contributed by atoms with Gasteiger partial charge in [0.1, 0.15) is 12.2 Å². The van der Waals surface area contributed by atoms with Crippen molar-refractivity contribution in [2.45, 2.75) is 18.9 Å². The Morgan fingerprint density at radius 3 is 3.00 bits per heavy atom. The highest BCUT2D eigenvalue weighted by molar-refractivity contribution is 5.80. The van der Waals surface area contributed by atoms with Crippen LogP contribution >= 0.6 is 0 Å². The fourth-order valence-electron chi connectivity index (χ4n) is 2.05. The molecular weight excluding hydrogens is 254 g/mol. The van der Waals surface area contributed by atoms with Gasteiger partial charge in [-0.3, -0.25) is 10.1 Å². The Morgan fingerprint density at radius 1 is 1.68 bits per heavy atom. The van der Waals surface area contributed by atoms with E-state index in [2.05, 4.69) is 9.97 Å². The molecule has 2 rings (SSSR count). The number of aromatic nitrogens is 2. The first kappa shape index (κ1) is 13.0. The van der Waals surface area contributed by atoms with Crippen LogP contribution in [0, 0.1) is 10.1 Å². The molecule has 0 amide bonds. The number of nitrogens with zero attached hydrogens (tertiary/aromatic N) is 4. The van der Waals surface area contributed by atoms with Crippen LogP contribution in [-0.4, -0.2) is 40.6 Å². The molecule has 2 heterocycles. The van der Waals surface area contributed by atoms with Gasteiger partial charge in [-0.15, -0.1) is 0 Å². The minimum Gasteiger partial charge on any atom is -0.467 e. The first-order chi connectivity index (χ1) is 9.04. The van der Waals surface area contributed by atoms with Gasteiger partial charge in [0.05, 0.1) is 12.0 Å². The maximum Gasteiger partial charge on any atom is 0.329 e. The maximum atomic E-state index is 11.6. The Balaban J connectivity index is 2.29. The maximum absolute atomic E-state index is 11.6. The summed E-state index contributed by atoms with van der Waals surface area (Å²) in [5, 5.41) is 10.6.